The van der Waals surface area contributed by atoms with Crippen LogP contribution in [0.5, 0.6) is 0 Å². The van der Waals surface area contributed by atoms with Gasteiger partial charge in [-0.25, -0.2) is 0 Å². The molecule has 0 aliphatic carbocycles. The van der Waals surface area contributed by atoms with Gasteiger partial charge in [-0.15, -0.1) is 0 Å². The average molecular weight is 317 g/mol. The quantitative estimate of drug-likeness (QED) is 0.368. The Morgan fingerprint density at radius 2 is 1.41 bits per heavy atom. The van der Waals surface area contributed by atoms with E-state index >= 15 is 0 Å². The van der Waals surface area contributed by atoms with Crippen molar-refractivity contribution in [2.75, 3.05) is 6.61 Å². The van der Waals surface area contributed by atoms with Gasteiger partial charge in [0.2, 0.25) is 4.69 Å². The highest BCUT2D eigenvalue weighted by Crippen LogP contribution is 2.07. The summed E-state index contributed by atoms with van der Waals surface area (Å²) in [7, 11) is 0. The van der Waals surface area contributed by atoms with Gasteiger partial charge in [0.05, 0.1) is 6.61 Å². The van der Waals surface area contributed by atoms with Crippen LogP contribution in [-0.2, 0) is 9.59 Å². The van der Waals surface area contributed by atoms with E-state index < -0.39 is 35.7 Å². The molecule has 4 atom stereocenters. The molecule has 17 heavy (non-hydrogen) atoms. The van der Waals surface area contributed by atoms with E-state index in [1.54, 1.807) is 0 Å². The third-order valence-corrected chi connectivity index (χ3v) is 1.96. The largest absolute Gasteiger partial charge is 0.394 e. The number of aliphatic hydroxyl groups excluding tert-OH is 5. The van der Waals surface area contributed by atoms with Gasteiger partial charge < -0.3 is 30.3 Å². The van der Waals surface area contributed by atoms with Crippen molar-refractivity contribution < 1.29 is 35.1 Å². The molecule has 5 N–H and O–H groups in total. The van der Waals surface area contributed by atoms with Crippen molar-refractivity contribution in [1.29, 1.82) is 0 Å². The van der Waals surface area contributed by atoms with Crippen molar-refractivity contribution in [3.8, 4) is 0 Å². The zero-order valence-corrected chi connectivity index (χ0v) is 11.0. The molecule has 0 aromatic rings. The number of Topliss-reactive ketones (excluding diaryl/α,β-unsaturated/α-hetero) is 1. The van der Waals surface area contributed by atoms with Crippen LogP contribution >= 0.6 is 15.9 Å². The Balaban J connectivity index is 0. The van der Waals surface area contributed by atoms with E-state index in [0.717, 1.165) is 0 Å². The maximum atomic E-state index is 10.5. The molecule has 0 aromatic heterocycles. The van der Waals surface area contributed by atoms with Crippen LogP contribution in [0, 0.1) is 0 Å². The molecule has 0 saturated carbocycles. The number of halogens is 1. The second kappa shape index (κ2) is 9.63. The minimum Gasteiger partial charge on any atom is -0.394 e. The van der Waals surface area contributed by atoms with Crippen LogP contribution in [0.25, 0.3) is 0 Å². The molecule has 0 saturated heterocycles. The Labute approximate surface area is 107 Å². The molecule has 0 radical (unpaired) electrons. The average Bonchev–Trinajstić information content (AvgIpc) is 2.23. The van der Waals surface area contributed by atoms with Gasteiger partial charge in [0.15, 0.2) is 6.10 Å². The zero-order valence-electron chi connectivity index (χ0n) is 9.45. The smallest absolute Gasteiger partial charge is 0.228 e. The predicted octanol–water partition coefficient (Wildman–Crippen LogP) is -2.06. The van der Waals surface area contributed by atoms with Gasteiger partial charge in [-0.2, -0.15) is 0 Å². The summed E-state index contributed by atoms with van der Waals surface area (Å²) in [6.07, 6.45) is -7.05. The van der Waals surface area contributed by atoms with E-state index in [2.05, 4.69) is 15.9 Å². The third-order valence-electron chi connectivity index (χ3n) is 1.49. The molecule has 7 nitrogen and oxygen atoms in total. The lowest BCUT2D eigenvalue weighted by Crippen LogP contribution is -2.47. The lowest BCUT2D eigenvalue weighted by Gasteiger charge is -2.23. The lowest BCUT2D eigenvalue weighted by atomic mass is 10.0. The summed E-state index contributed by atoms with van der Waals surface area (Å²) in [4.78, 5) is 19.9. The molecule has 0 unspecified atom stereocenters. The molecule has 0 heterocycles. The Hall–Kier alpha value is -0.380. The van der Waals surface area contributed by atoms with Crippen LogP contribution < -0.4 is 0 Å². The molecule has 0 amide bonds. The van der Waals surface area contributed by atoms with Gasteiger partial charge >= 0.3 is 0 Å². The molecule has 0 fully saturated rings. The van der Waals surface area contributed by atoms with Crippen LogP contribution in [0.4, 0.5) is 0 Å². The van der Waals surface area contributed by atoms with Crippen LogP contribution in [0.15, 0.2) is 0 Å². The normalized spacial score (nSPS) is 17.2. The number of carbonyl (C=O) groups excluding carboxylic acids is 2. The molecular weight excluding hydrogens is 300 g/mol. The van der Waals surface area contributed by atoms with Crippen molar-refractivity contribution in [2.45, 2.75) is 38.3 Å². The van der Waals surface area contributed by atoms with E-state index in [9.17, 15) is 9.59 Å². The molecular formula is C9H17BrO7. The number of aliphatic hydroxyl groups is 5. The highest BCUT2D eigenvalue weighted by atomic mass is 79.9. The van der Waals surface area contributed by atoms with E-state index in [0.29, 0.717) is 0 Å². The summed E-state index contributed by atoms with van der Waals surface area (Å²) in [6.45, 7) is 2.28. The molecule has 102 valence electrons. The Morgan fingerprint density at radius 3 is 1.65 bits per heavy atom. The Morgan fingerprint density at radius 1 is 1.06 bits per heavy atom. The highest BCUT2D eigenvalue weighted by molar-refractivity contribution is 9.18. The molecule has 0 spiro atoms. The number of carbonyl (C=O) groups is 2. The van der Waals surface area contributed by atoms with Gasteiger partial charge in [0, 0.05) is 0 Å². The summed E-state index contributed by atoms with van der Waals surface area (Å²) in [5.41, 5.74) is 0. The second-order valence-electron chi connectivity index (χ2n) is 3.39. The van der Waals surface area contributed by atoms with Crippen molar-refractivity contribution in [3.63, 3.8) is 0 Å². The van der Waals surface area contributed by atoms with Crippen LogP contribution in [-0.4, -0.2) is 67.0 Å². The first-order chi connectivity index (χ1) is 7.64. The molecule has 0 aromatic carbocycles. The minimum absolute atomic E-state index is 0.167. The lowest BCUT2D eigenvalue weighted by molar-refractivity contribution is -0.138. The molecule has 0 rings (SSSR count). The fourth-order valence-electron chi connectivity index (χ4n) is 0.657. The number of hydrogen-bond donors (Lipinski definition) is 5. The first-order valence-electron chi connectivity index (χ1n) is 4.64. The Bertz CT molecular complexity index is 241. The van der Waals surface area contributed by atoms with Gasteiger partial charge in [-0.1, -0.05) is 0 Å². The van der Waals surface area contributed by atoms with E-state index in [-0.39, 0.29) is 5.78 Å². The second-order valence-corrected chi connectivity index (χ2v) is 4.17. The van der Waals surface area contributed by atoms with E-state index in [4.69, 9.17) is 25.5 Å². The van der Waals surface area contributed by atoms with Crippen molar-refractivity contribution in [2.24, 2.45) is 0 Å². The molecule has 0 bridgehead atoms. The first kappa shape index (κ1) is 19.0. The van der Waals surface area contributed by atoms with Crippen LogP contribution in [0.2, 0.25) is 0 Å². The number of rotatable bonds is 5. The fourth-order valence-corrected chi connectivity index (χ4v) is 0.927. The topological polar surface area (TPSA) is 135 Å². The van der Waals surface area contributed by atoms with Gasteiger partial charge in [0.1, 0.15) is 24.1 Å². The summed E-state index contributed by atoms with van der Waals surface area (Å²) >= 11 is 2.38. The first-order valence-corrected chi connectivity index (χ1v) is 5.44. The summed E-state index contributed by atoms with van der Waals surface area (Å²) in [5, 5.41) is 44.2. The van der Waals surface area contributed by atoms with Crippen molar-refractivity contribution >= 4 is 26.4 Å². The molecule has 0 aliphatic heterocycles. The van der Waals surface area contributed by atoms with E-state index in [1.165, 1.54) is 13.8 Å². The maximum absolute atomic E-state index is 10.5. The monoisotopic (exact) mass is 316 g/mol. The Kier molecular flexibility index (Phi) is 10.7. The highest BCUT2D eigenvalue weighted by Gasteiger charge is 2.32. The number of hydrogen-bond acceptors (Lipinski definition) is 7. The van der Waals surface area contributed by atoms with Gasteiger partial charge in [0.25, 0.3) is 0 Å². The molecule has 8 heteroatoms. The fraction of sp³-hybridized carbons (Fsp3) is 0.778. The minimum atomic E-state index is -1.84. The van der Waals surface area contributed by atoms with Crippen molar-refractivity contribution in [3.05, 3.63) is 0 Å². The summed E-state index contributed by atoms with van der Waals surface area (Å²) in [5.74, 6) is 0.167. The predicted molar refractivity (Wildman–Crippen MR) is 61.4 cm³/mol. The number of ketones is 1. The maximum Gasteiger partial charge on any atom is 0.228 e. The standard InChI is InChI=1S/C6H11BrO6.C3H6O/c7-6(13)5(12)4(11)3(10)2(9)1-8;1-3(2)4/h2-5,8-12H,1H2;1-2H3/t2-,3-,4+,5-;/m1./s1. The van der Waals surface area contributed by atoms with Gasteiger partial charge in [-0.05, 0) is 29.8 Å². The zero-order chi connectivity index (χ0) is 14.2. The molecule has 0 aliphatic rings. The van der Waals surface area contributed by atoms with Gasteiger partial charge in [-0.3, -0.25) is 4.79 Å². The summed E-state index contributed by atoms with van der Waals surface area (Å²) < 4.78 is -0.913. The van der Waals surface area contributed by atoms with Crippen LogP contribution in [0.1, 0.15) is 13.8 Å². The van der Waals surface area contributed by atoms with Crippen molar-refractivity contribution in [1.82, 2.24) is 0 Å². The SMILES string of the molecule is CC(C)=O.O=C(Br)[C@H](O)[C@@H](O)[C@H](O)[C@H](O)CO. The third kappa shape index (κ3) is 9.33. The van der Waals surface area contributed by atoms with Crippen LogP contribution in [0.3, 0.4) is 0 Å². The summed E-state index contributed by atoms with van der Waals surface area (Å²) in [6, 6.07) is 0. The van der Waals surface area contributed by atoms with E-state index in [1.807, 2.05) is 0 Å².